The summed E-state index contributed by atoms with van der Waals surface area (Å²) < 4.78 is 10.6. The summed E-state index contributed by atoms with van der Waals surface area (Å²) in [4.78, 5) is 39.5. The standard InChI is InChI=1S/C20H19NO6/c22-13-4-5-14(23)17-11(13)2-3-12-18(17)20(25)21(19(12)24)8-10-1-6-15-16(7-10)27-9-26-15/h1,4-7,11-12,14,17-18,23H,2-3,8-9H2/t11-,12+,14+,17+,18+/m0/s1. The molecule has 2 fully saturated rings. The van der Waals surface area contributed by atoms with Gasteiger partial charge in [-0.25, -0.2) is 0 Å². The number of hydrogen-bond acceptors (Lipinski definition) is 6. The van der Waals surface area contributed by atoms with E-state index in [9.17, 15) is 19.5 Å². The van der Waals surface area contributed by atoms with Crippen LogP contribution >= 0.6 is 0 Å². The molecule has 0 spiro atoms. The van der Waals surface area contributed by atoms with Crippen LogP contribution in [0.5, 0.6) is 11.5 Å². The first-order valence-electron chi connectivity index (χ1n) is 9.18. The van der Waals surface area contributed by atoms with E-state index in [2.05, 4.69) is 0 Å². The lowest BCUT2D eigenvalue weighted by atomic mass is 9.62. The second-order valence-electron chi connectivity index (χ2n) is 7.60. The van der Waals surface area contributed by atoms with Gasteiger partial charge in [0, 0.05) is 11.8 Å². The third-order valence-corrected chi connectivity index (χ3v) is 6.23. The van der Waals surface area contributed by atoms with Crippen LogP contribution in [0.1, 0.15) is 18.4 Å². The van der Waals surface area contributed by atoms with Gasteiger partial charge >= 0.3 is 0 Å². The van der Waals surface area contributed by atoms with E-state index in [1.54, 1.807) is 18.2 Å². The Hall–Kier alpha value is -2.67. The minimum Gasteiger partial charge on any atom is -0.454 e. The number of amides is 2. The van der Waals surface area contributed by atoms with Crippen molar-refractivity contribution in [1.82, 2.24) is 4.90 Å². The van der Waals surface area contributed by atoms with Crippen molar-refractivity contribution in [2.45, 2.75) is 25.5 Å². The summed E-state index contributed by atoms with van der Waals surface area (Å²) >= 11 is 0. The molecule has 27 heavy (non-hydrogen) atoms. The van der Waals surface area contributed by atoms with Gasteiger partial charge < -0.3 is 14.6 Å². The number of fused-ring (bicyclic) bond motifs is 4. The monoisotopic (exact) mass is 369 g/mol. The number of carbonyl (C=O) groups is 3. The molecule has 0 aromatic heterocycles. The van der Waals surface area contributed by atoms with Crippen LogP contribution in [0, 0.1) is 23.7 Å². The van der Waals surface area contributed by atoms with Crippen LogP contribution in [0.2, 0.25) is 0 Å². The highest BCUT2D eigenvalue weighted by molar-refractivity contribution is 6.06. The molecule has 1 aromatic carbocycles. The summed E-state index contributed by atoms with van der Waals surface area (Å²) in [5, 5.41) is 10.4. The third kappa shape index (κ3) is 2.41. The van der Waals surface area contributed by atoms with Gasteiger partial charge in [0.1, 0.15) is 0 Å². The summed E-state index contributed by atoms with van der Waals surface area (Å²) in [5.74, 6) is -1.30. The molecule has 0 unspecified atom stereocenters. The summed E-state index contributed by atoms with van der Waals surface area (Å²) in [6.45, 7) is 0.311. The highest BCUT2D eigenvalue weighted by Crippen LogP contribution is 2.48. The van der Waals surface area contributed by atoms with Gasteiger partial charge in [0.25, 0.3) is 0 Å². The van der Waals surface area contributed by atoms with Gasteiger partial charge in [-0.2, -0.15) is 0 Å². The maximum atomic E-state index is 13.1. The average molecular weight is 369 g/mol. The predicted molar refractivity (Wildman–Crippen MR) is 91.5 cm³/mol. The second-order valence-corrected chi connectivity index (χ2v) is 7.60. The van der Waals surface area contributed by atoms with Gasteiger partial charge in [0.05, 0.1) is 24.5 Å². The van der Waals surface area contributed by atoms with Gasteiger partial charge in [-0.15, -0.1) is 0 Å². The molecule has 0 radical (unpaired) electrons. The van der Waals surface area contributed by atoms with Gasteiger partial charge in [0.15, 0.2) is 17.3 Å². The fourth-order valence-corrected chi connectivity index (χ4v) is 4.96. The topological polar surface area (TPSA) is 93.1 Å². The Bertz CT molecular complexity index is 877. The molecule has 2 aliphatic heterocycles. The van der Waals surface area contributed by atoms with Crippen LogP contribution in [0.25, 0.3) is 0 Å². The minimum atomic E-state index is -0.872. The Labute approximate surface area is 155 Å². The van der Waals surface area contributed by atoms with Crippen molar-refractivity contribution >= 4 is 17.6 Å². The quantitative estimate of drug-likeness (QED) is 0.783. The van der Waals surface area contributed by atoms with Crippen molar-refractivity contribution in [3.8, 4) is 11.5 Å². The second kappa shape index (κ2) is 5.92. The highest BCUT2D eigenvalue weighted by atomic mass is 16.7. The van der Waals surface area contributed by atoms with Crippen LogP contribution < -0.4 is 9.47 Å². The number of aliphatic hydroxyl groups excluding tert-OH is 1. The molecule has 140 valence electrons. The Kier molecular flexibility index (Phi) is 3.62. The Morgan fingerprint density at radius 1 is 1.04 bits per heavy atom. The normalized spacial score (nSPS) is 34.0. The lowest BCUT2D eigenvalue weighted by molar-refractivity contribution is -0.141. The molecule has 7 nitrogen and oxygen atoms in total. The van der Waals surface area contributed by atoms with Crippen LogP contribution in [0.4, 0.5) is 0 Å². The van der Waals surface area contributed by atoms with E-state index < -0.39 is 23.9 Å². The lowest BCUT2D eigenvalue weighted by Gasteiger charge is -2.40. The van der Waals surface area contributed by atoms with Gasteiger partial charge in [-0.05, 0) is 36.6 Å². The molecule has 1 saturated heterocycles. The number of ketones is 1. The van der Waals surface area contributed by atoms with Crippen molar-refractivity contribution in [3.63, 3.8) is 0 Å². The largest absolute Gasteiger partial charge is 0.454 e. The molecule has 5 atom stereocenters. The predicted octanol–water partition coefficient (Wildman–Crippen LogP) is 1.04. The summed E-state index contributed by atoms with van der Waals surface area (Å²) in [5.41, 5.74) is 0.774. The van der Waals surface area contributed by atoms with Crippen LogP contribution in [-0.4, -0.2) is 40.5 Å². The summed E-state index contributed by atoms with van der Waals surface area (Å²) in [7, 11) is 0. The van der Waals surface area contributed by atoms with Crippen molar-refractivity contribution in [3.05, 3.63) is 35.9 Å². The number of likely N-dealkylation sites (tertiary alicyclic amines) is 1. The molecule has 1 saturated carbocycles. The Morgan fingerprint density at radius 3 is 2.67 bits per heavy atom. The lowest BCUT2D eigenvalue weighted by Crippen LogP contribution is -2.47. The van der Waals surface area contributed by atoms with Gasteiger partial charge in [0.2, 0.25) is 18.6 Å². The van der Waals surface area contributed by atoms with E-state index in [1.165, 1.54) is 17.1 Å². The SMILES string of the molecule is O=C1C=C[C@@H](O)[C@@H]2[C@@H]3C(=O)N(Cc4ccc5c(c4)OCO5)C(=O)[C@@H]3CC[C@@H]12. The first-order valence-corrected chi connectivity index (χ1v) is 9.18. The maximum absolute atomic E-state index is 13.1. The average Bonchev–Trinajstić information content (AvgIpc) is 3.23. The number of hydrogen-bond donors (Lipinski definition) is 1. The summed E-state index contributed by atoms with van der Waals surface area (Å²) in [6.07, 6.45) is 3.01. The zero-order valence-electron chi connectivity index (χ0n) is 14.5. The zero-order chi connectivity index (χ0) is 18.7. The molecule has 5 rings (SSSR count). The fourth-order valence-electron chi connectivity index (χ4n) is 4.96. The number of aliphatic hydroxyl groups is 1. The number of nitrogens with zero attached hydrogens (tertiary/aromatic N) is 1. The van der Waals surface area contributed by atoms with Gasteiger partial charge in [-0.3, -0.25) is 19.3 Å². The van der Waals surface area contributed by atoms with Crippen molar-refractivity contribution in [1.29, 1.82) is 0 Å². The molecular weight excluding hydrogens is 350 g/mol. The first kappa shape index (κ1) is 16.5. The first-order chi connectivity index (χ1) is 13.0. The zero-order valence-corrected chi connectivity index (χ0v) is 14.5. The number of benzene rings is 1. The Morgan fingerprint density at radius 2 is 1.81 bits per heavy atom. The number of carbonyl (C=O) groups excluding carboxylic acids is 3. The van der Waals surface area contributed by atoms with E-state index in [1.807, 2.05) is 0 Å². The number of ether oxygens (including phenoxy) is 2. The maximum Gasteiger partial charge on any atom is 0.233 e. The van der Waals surface area contributed by atoms with Crippen molar-refractivity contribution in [2.24, 2.45) is 23.7 Å². The van der Waals surface area contributed by atoms with Crippen molar-refractivity contribution in [2.75, 3.05) is 6.79 Å². The van der Waals surface area contributed by atoms with Crippen molar-refractivity contribution < 1.29 is 29.0 Å². The van der Waals surface area contributed by atoms with E-state index in [0.717, 1.165) is 5.56 Å². The van der Waals surface area contributed by atoms with Crippen LogP contribution in [0.3, 0.4) is 0 Å². The minimum absolute atomic E-state index is 0.0572. The van der Waals surface area contributed by atoms with E-state index in [0.29, 0.717) is 24.3 Å². The fraction of sp³-hybridized carbons (Fsp3) is 0.450. The highest BCUT2D eigenvalue weighted by Gasteiger charge is 2.57. The van der Waals surface area contributed by atoms with E-state index in [4.69, 9.17) is 9.47 Å². The molecule has 1 aromatic rings. The molecule has 2 heterocycles. The number of imide groups is 1. The van der Waals surface area contributed by atoms with Crippen LogP contribution in [0.15, 0.2) is 30.4 Å². The third-order valence-electron chi connectivity index (χ3n) is 6.23. The van der Waals surface area contributed by atoms with Gasteiger partial charge in [-0.1, -0.05) is 12.1 Å². The summed E-state index contributed by atoms with van der Waals surface area (Å²) in [6, 6.07) is 5.34. The molecule has 2 aliphatic carbocycles. The molecular formula is C20H19NO6. The van der Waals surface area contributed by atoms with E-state index >= 15 is 0 Å². The molecule has 4 aliphatic rings. The van der Waals surface area contributed by atoms with E-state index in [-0.39, 0.29) is 36.9 Å². The number of allylic oxidation sites excluding steroid dienone is 1. The Balaban J connectivity index is 1.43. The smallest absolute Gasteiger partial charge is 0.233 e. The molecule has 1 N–H and O–H groups in total. The number of rotatable bonds is 2. The molecule has 0 bridgehead atoms. The molecule has 2 amide bonds. The van der Waals surface area contributed by atoms with Crippen LogP contribution in [-0.2, 0) is 20.9 Å². The molecule has 7 heteroatoms.